The molecule has 1 aliphatic rings. The topological polar surface area (TPSA) is 69.6 Å². The van der Waals surface area contributed by atoms with Gasteiger partial charge in [-0.25, -0.2) is 0 Å². The van der Waals surface area contributed by atoms with Gasteiger partial charge in [0.15, 0.2) is 0 Å². The fourth-order valence-electron chi connectivity index (χ4n) is 2.83. The molecule has 2 N–H and O–H groups in total. The molecule has 2 aromatic rings. The number of carbonyl (C=O) groups is 2. The molecule has 0 saturated carbocycles. The van der Waals surface area contributed by atoms with Crippen LogP contribution in [0.4, 0.5) is 5.69 Å². The second-order valence-corrected chi connectivity index (χ2v) is 6.24. The van der Waals surface area contributed by atoms with Gasteiger partial charge in [0.2, 0.25) is 0 Å². The number of anilines is 1. The van der Waals surface area contributed by atoms with Gasteiger partial charge in [0.05, 0.1) is 0 Å². The predicted octanol–water partition coefficient (Wildman–Crippen LogP) is 1.87. The van der Waals surface area contributed by atoms with Crippen LogP contribution < -0.4 is 5.32 Å². The molecule has 1 unspecified atom stereocenters. The maximum Gasteiger partial charge on any atom is 0.313 e. The van der Waals surface area contributed by atoms with Crippen LogP contribution in [0.1, 0.15) is 17.5 Å². The molecule has 1 saturated heterocycles. The minimum absolute atomic E-state index is 0.0352. The highest BCUT2D eigenvalue weighted by Crippen LogP contribution is 2.16. The van der Waals surface area contributed by atoms with E-state index in [2.05, 4.69) is 17.2 Å². The second-order valence-electron chi connectivity index (χ2n) is 6.24. The van der Waals surface area contributed by atoms with E-state index in [-0.39, 0.29) is 12.5 Å². The lowest BCUT2D eigenvalue weighted by molar-refractivity contribution is -0.142. The van der Waals surface area contributed by atoms with E-state index in [4.69, 9.17) is 5.11 Å². The smallest absolute Gasteiger partial charge is 0.313 e. The van der Waals surface area contributed by atoms with E-state index in [1.165, 1.54) is 4.90 Å². The number of amides is 2. The van der Waals surface area contributed by atoms with Crippen molar-refractivity contribution in [1.29, 1.82) is 0 Å². The van der Waals surface area contributed by atoms with Crippen LogP contribution in [-0.4, -0.2) is 41.5 Å². The summed E-state index contributed by atoms with van der Waals surface area (Å²) in [5, 5.41) is 11.8. The van der Waals surface area contributed by atoms with Crippen molar-refractivity contribution in [2.75, 3.05) is 25.0 Å². The third kappa shape index (κ3) is 4.50. The number of likely N-dealkylation sites (tertiary alicyclic amines) is 1. The third-order valence-electron chi connectivity index (χ3n) is 4.27. The summed E-state index contributed by atoms with van der Waals surface area (Å²) in [6.45, 7) is 0.957. The largest absolute Gasteiger partial charge is 0.396 e. The van der Waals surface area contributed by atoms with E-state index in [0.29, 0.717) is 18.8 Å². The van der Waals surface area contributed by atoms with Crippen molar-refractivity contribution in [3.63, 3.8) is 0 Å². The van der Waals surface area contributed by atoms with E-state index in [1.807, 2.05) is 36.4 Å². The first-order valence-electron chi connectivity index (χ1n) is 8.54. The van der Waals surface area contributed by atoms with Crippen LogP contribution in [0.25, 0.3) is 0 Å². The lowest BCUT2D eigenvalue weighted by atomic mass is 10.1. The number of rotatable bonds is 2. The van der Waals surface area contributed by atoms with E-state index in [1.54, 1.807) is 18.2 Å². The van der Waals surface area contributed by atoms with Gasteiger partial charge in [-0.1, -0.05) is 36.1 Å². The Morgan fingerprint density at radius 3 is 2.54 bits per heavy atom. The second kappa shape index (κ2) is 8.32. The van der Waals surface area contributed by atoms with Gasteiger partial charge in [-0.2, -0.15) is 0 Å². The molecule has 3 rings (SSSR count). The molecular weight excluding hydrogens is 328 g/mol. The van der Waals surface area contributed by atoms with Crippen LogP contribution in [0, 0.1) is 17.8 Å². The van der Waals surface area contributed by atoms with Gasteiger partial charge in [0.1, 0.15) is 0 Å². The number of aliphatic hydroxyl groups excluding tert-OH is 1. The molecule has 1 heterocycles. The minimum atomic E-state index is -0.670. The first kappa shape index (κ1) is 17.7. The highest BCUT2D eigenvalue weighted by Gasteiger charge is 2.29. The quantitative estimate of drug-likeness (QED) is 0.643. The Bertz CT molecular complexity index is 852. The summed E-state index contributed by atoms with van der Waals surface area (Å²) in [4.78, 5) is 25.9. The molecule has 0 aliphatic carbocycles. The highest BCUT2D eigenvalue weighted by atomic mass is 16.3. The van der Waals surface area contributed by atoms with Crippen LogP contribution in [0.3, 0.4) is 0 Å². The van der Waals surface area contributed by atoms with Gasteiger partial charge < -0.3 is 15.3 Å². The Balaban J connectivity index is 1.64. The standard InChI is InChI=1S/C21H20N2O3/c24-15-18-11-12-23(14-18)21(26)20(25)22-19-8-4-7-17(13-19)10-9-16-5-2-1-3-6-16/h1-8,13,18,24H,11-12,14-15H2,(H,22,25). The van der Waals surface area contributed by atoms with Gasteiger partial charge in [-0.3, -0.25) is 9.59 Å². The minimum Gasteiger partial charge on any atom is -0.396 e. The molecule has 132 valence electrons. The third-order valence-corrected chi connectivity index (χ3v) is 4.27. The first-order chi connectivity index (χ1) is 12.7. The highest BCUT2D eigenvalue weighted by molar-refractivity contribution is 6.39. The van der Waals surface area contributed by atoms with Gasteiger partial charge in [0.25, 0.3) is 0 Å². The van der Waals surface area contributed by atoms with Crippen molar-refractivity contribution >= 4 is 17.5 Å². The fourth-order valence-corrected chi connectivity index (χ4v) is 2.83. The normalized spacial score (nSPS) is 15.9. The Morgan fingerprint density at radius 1 is 1.08 bits per heavy atom. The average molecular weight is 348 g/mol. The molecule has 0 spiro atoms. The van der Waals surface area contributed by atoms with Crippen molar-refractivity contribution < 1.29 is 14.7 Å². The SMILES string of the molecule is O=C(Nc1cccc(C#Cc2ccccc2)c1)C(=O)N1CCC(CO)C1. The van der Waals surface area contributed by atoms with Crippen LogP contribution in [0.2, 0.25) is 0 Å². The summed E-state index contributed by atoms with van der Waals surface area (Å²) in [7, 11) is 0. The van der Waals surface area contributed by atoms with E-state index >= 15 is 0 Å². The fraction of sp³-hybridized carbons (Fsp3) is 0.238. The van der Waals surface area contributed by atoms with Crippen LogP contribution in [0.15, 0.2) is 54.6 Å². The number of aliphatic hydroxyl groups is 1. The van der Waals surface area contributed by atoms with Gasteiger partial charge >= 0.3 is 11.8 Å². The van der Waals surface area contributed by atoms with Crippen LogP contribution >= 0.6 is 0 Å². The predicted molar refractivity (Wildman–Crippen MR) is 99.3 cm³/mol. The van der Waals surface area contributed by atoms with Crippen LogP contribution in [-0.2, 0) is 9.59 Å². The lowest BCUT2D eigenvalue weighted by Crippen LogP contribution is -2.38. The molecule has 2 amide bonds. The molecule has 0 bridgehead atoms. The number of carbonyl (C=O) groups excluding carboxylic acids is 2. The monoisotopic (exact) mass is 348 g/mol. The molecule has 1 atom stereocenters. The van der Waals surface area contributed by atoms with Crippen molar-refractivity contribution in [1.82, 2.24) is 4.90 Å². The van der Waals surface area contributed by atoms with Crippen molar-refractivity contribution in [3.8, 4) is 11.8 Å². The van der Waals surface area contributed by atoms with Crippen molar-refractivity contribution in [2.45, 2.75) is 6.42 Å². The molecular formula is C21H20N2O3. The Hall–Kier alpha value is -3.10. The molecule has 1 fully saturated rings. The Kier molecular flexibility index (Phi) is 5.67. The lowest BCUT2D eigenvalue weighted by Gasteiger charge is -2.15. The zero-order valence-corrected chi connectivity index (χ0v) is 14.3. The van der Waals surface area contributed by atoms with E-state index in [9.17, 15) is 9.59 Å². The number of hydrogen-bond donors (Lipinski definition) is 2. The van der Waals surface area contributed by atoms with Gasteiger partial charge in [-0.05, 0) is 36.8 Å². The molecule has 1 aliphatic heterocycles. The van der Waals surface area contributed by atoms with Crippen LogP contribution in [0.5, 0.6) is 0 Å². The van der Waals surface area contributed by atoms with Gasteiger partial charge in [-0.15, -0.1) is 0 Å². The number of nitrogens with zero attached hydrogens (tertiary/aromatic N) is 1. The van der Waals surface area contributed by atoms with Gasteiger partial charge in [0, 0.05) is 42.4 Å². The van der Waals surface area contributed by atoms with E-state index < -0.39 is 11.8 Å². The van der Waals surface area contributed by atoms with Crippen molar-refractivity contribution in [3.05, 3.63) is 65.7 Å². The number of hydrogen-bond acceptors (Lipinski definition) is 3. The Labute approximate surface area is 152 Å². The molecule has 26 heavy (non-hydrogen) atoms. The number of nitrogens with one attached hydrogen (secondary N) is 1. The molecule has 0 radical (unpaired) electrons. The summed E-state index contributed by atoms with van der Waals surface area (Å²) in [6.07, 6.45) is 0.722. The Morgan fingerprint density at radius 2 is 1.81 bits per heavy atom. The summed E-state index contributed by atoms with van der Waals surface area (Å²) < 4.78 is 0. The van der Waals surface area contributed by atoms with Crippen molar-refractivity contribution in [2.24, 2.45) is 5.92 Å². The zero-order chi connectivity index (χ0) is 18.4. The first-order valence-corrected chi connectivity index (χ1v) is 8.54. The average Bonchev–Trinajstić information content (AvgIpc) is 3.16. The maximum absolute atomic E-state index is 12.2. The molecule has 5 heteroatoms. The summed E-state index contributed by atoms with van der Waals surface area (Å²) in [6, 6.07) is 16.7. The number of benzene rings is 2. The van der Waals surface area contributed by atoms with E-state index in [0.717, 1.165) is 17.5 Å². The maximum atomic E-state index is 12.2. The molecule has 2 aromatic carbocycles. The summed E-state index contributed by atoms with van der Waals surface area (Å²) in [5.41, 5.74) is 2.19. The summed E-state index contributed by atoms with van der Waals surface area (Å²) in [5.74, 6) is 4.93. The molecule has 5 nitrogen and oxygen atoms in total. The molecule has 0 aromatic heterocycles. The zero-order valence-electron chi connectivity index (χ0n) is 14.3. The summed E-state index contributed by atoms with van der Waals surface area (Å²) >= 11 is 0.